The molecule has 2 rings (SSSR count). The van der Waals surface area contributed by atoms with E-state index in [1.54, 1.807) is 6.92 Å². The molecule has 1 aromatic rings. The first-order chi connectivity index (χ1) is 8.36. The fourth-order valence-electron chi connectivity index (χ4n) is 2.21. The summed E-state index contributed by atoms with van der Waals surface area (Å²) in [6.07, 6.45) is -3.67. The lowest BCUT2D eigenvalue weighted by molar-refractivity contribution is -0.187. The molecule has 0 bridgehead atoms. The third-order valence-corrected chi connectivity index (χ3v) is 3.06. The van der Waals surface area contributed by atoms with E-state index in [0.717, 1.165) is 0 Å². The quantitative estimate of drug-likeness (QED) is 0.883. The molecule has 2 heterocycles. The third kappa shape index (κ3) is 2.92. The van der Waals surface area contributed by atoms with E-state index in [0.29, 0.717) is 18.9 Å². The van der Waals surface area contributed by atoms with Crippen molar-refractivity contribution in [1.82, 2.24) is 15.1 Å². The van der Waals surface area contributed by atoms with Crippen LogP contribution in [0.3, 0.4) is 0 Å². The van der Waals surface area contributed by atoms with Crippen molar-refractivity contribution in [2.75, 3.05) is 18.9 Å². The highest BCUT2D eigenvalue weighted by molar-refractivity contribution is 5.20. The first-order valence-corrected chi connectivity index (χ1v) is 5.70. The summed E-state index contributed by atoms with van der Waals surface area (Å²) in [5.74, 6) is 0.426. The molecule has 0 amide bonds. The average Bonchev–Trinajstić information content (AvgIpc) is 2.62. The Hall–Kier alpha value is -1.31. The van der Waals surface area contributed by atoms with Crippen LogP contribution in [0.25, 0.3) is 0 Å². The predicted molar refractivity (Wildman–Crippen MR) is 58.2 cm³/mol. The minimum absolute atomic E-state index is 0.0742. The number of alkyl halides is 3. The molecule has 5 nitrogen and oxygen atoms in total. The van der Waals surface area contributed by atoms with Crippen LogP contribution in [0.5, 0.6) is 0 Å². The summed E-state index contributed by atoms with van der Waals surface area (Å²) in [6.45, 7) is 1.95. The van der Waals surface area contributed by atoms with Gasteiger partial charge in [-0.25, -0.2) is 0 Å². The molecule has 0 aliphatic carbocycles. The Bertz CT molecular complexity index is 406. The van der Waals surface area contributed by atoms with Crippen molar-refractivity contribution in [3.8, 4) is 0 Å². The second-order valence-electron chi connectivity index (χ2n) is 4.54. The largest absolute Gasteiger partial charge is 0.408 e. The van der Waals surface area contributed by atoms with Crippen molar-refractivity contribution >= 4 is 6.01 Å². The van der Waals surface area contributed by atoms with E-state index in [-0.39, 0.29) is 18.5 Å². The van der Waals surface area contributed by atoms with E-state index >= 15 is 0 Å². The Morgan fingerprint density at radius 2 is 2.06 bits per heavy atom. The number of halogens is 3. The zero-order valence-electron chi connectivity index (χ0n) is 10.2. The third-order valence-electron chi connectivity index (χ3n) is 3.06. The van der Waals surface area contributed by atoms with Crippen LogP contribution in [0.15, 0.2) is 4.42 Å². The zero-order valence-corrected chi connectivity index (χ0v) is 10.2. The van der Waals surface area contributed by atoms with Gasteiger partial charge in [-0.2, -0.15) is 13.2 Å². The molecular formula is C10H15F3N4O. The highest BCUT2D eigenvalue weighted by Gasteiger charge is 2.44. The monoisotopic (exact) mass is 264 g/mol. The second kappa shape index (κ2) is 4.75. The standard InChI is InChI=1S/C10H15F3N4O/c1-6-15-16-9(18-6)14-7-3-4-8(10(11,12)13)17(2)5-7/h7-8H,3-5H2,1-2H3,(H,14,16)/t7-,8+/m0/s1. The summed E-state index contributed by atoms with van der Waals surface area (Å²) in [5, 5.41) is 10.4. The van der Waals surface area contributed by atoms with Crippen LogP contribution < -0.4 is 5.32 Å². The molecule has 18 heavy (non-hydrogen) atoms. The maximum absolute atomic E-state index is 12.6. The Kier molecular flexibility index (Phi) is 3.47. The fraction of sp³-hybridized carbons (Fsp3) is 0.800. The van der Waals surface area contributed by atoms with Crippen molar-refractivity contribution < 1.29 is 17.6 Å². The van der Waals surface area contributed by atoms with E-state index in [9.17, 15) is 13.2 Å². The van der Waals surface area contributed by atoms with Gasteiger partial charge in [-0.05, 0) is 19.9 Å². The van der Waals surface area contributed by atoms with E-state index in [4.69, 9.17) is 4.42 Å². The smallest absolute Gasteiger partial charge is 0.404 e. The molecule has 0 aromatic carbocycles. The summed E-state index contributed by atoms with van der Waals surface area (Å²) < 4.78 is 43.1. The van der Waals surface area contributed by atoms with Crippen molar-refractivity contribution in [1.29, 1.82) is 0 Å². The van der Waals surface area contributed by atoms with E-state index in [1.165, 1.54) is 11.9 Å². The Morgan fingerprint density at radius 3 is 2.56 bits per heavy atom. The van der Waals surface area contributed by atoms with E-state index in [2.05, 4.69) is 15.5 Å². The first kappa shape index (κ1) is 13.1. The fourth-order valence-corrected chi connectivity index (χ4v) is 2.21. The molecule has 1 aromatic heterocycles. The van der Waals surface area contributed by atoms with Crippen LogP contribution in [0.4, 0.5) is 19.2 Å². The van der Waals surface area contributed by atoms with Gasteiger partial charge in [0.05, 0.1) is 0 Å². The molecule has 0 radical (unpaired) electrons. The van der Waals surface area contributed by atoms with Gasteiger partial charge in [-0.3, -0.25) is 4.90 Å². The normalized spacial score (nSPS) is 26.3. The number of aryl methyl sites for hydroxylation is 1. The van der Waals surface area contributed by atoms with Gasteiger partial charge in [0, 0.05) is 19.5 Å². The highest BCUT2D eigenvalue weighted by Crippen LogP contribution is 2.31. The van der Waals surface area contributed by atoms with Crippen molar-refractivity contribution in [2.24, 2.45) is 0 Å². The molecule has 1 saturated heterocycles. The number of likely N-dealkylation sites (tertiary alicyclic amines) is 1. The molecule has 1 N–H and O–H groups in total. The molecule has 1 aliphatic heterocycles. The van der Waals surface area contributed by atoms with E-state index < -0.39 is 12.2 Å². The SMILES string of the molecule is Cc1nnc(N[C@H]2CC[C@H](C(F)(F)F)N(C)C2)o1. The van der Waals surface area contributed by atoms with Crippen molar-refractivity contribution in [2.45, 2.75) is 38.0 Å². The lowest BCUT2D eigenvalue weighted by Gasteiger charge is -2.37. The number of anilines is 1. The molecule has 1 aliphatic rings. The highest BCUT2D eigenvalue weighted by atomic mass is 19.4. The predicted octanol–water partition coefficient (Wildman–Crippen LogP) is 1.82. The summed E-state index contributed by atoms with van der Waals surface area (Å²) in [6, 6.07) is -1.20. The molecule has 0 saturated carbocycles. The number of hydrogen-bond acceptors (Lipinski definition) is 5. The summed E-state index contributed by atoms with van der Waals surface area (Å²) >= 11 is 0. The number of aromatic nitrogens is 2. The Morgan fingerprint density at radius 1 is 1.33 bits per heavy atom. The van der Waals surface area contributed by atoms with Crippen LogP contribution in [0.2, 0.25) is 0 Å². The summed E-state index contributed by atoms with van der Waals surface area (Å²) in [7, 11) is 1.48. The van der Waals surface area contributed by atoms with E-state index in [1.807, 2.05) is 0 Å². The lowest BCUT2D eigenvalue weighted by Crippen LogP contribution is -2.52. The molecular weight excluding hydrogens is 249 g/mol. The Balaban J connectivity index is 1.92. The van der Waals surface area contributed by atoms with Gasteiger partial charge >= 0.3 is 12.2 Å². The summed E-state index contributed by atoms with van der Waals surface area (Å²) in [4.78, 5) is 1.31. The van der Waals surface area contributed by atoms with Gasteiger partial charge in [0.25, 0.3) is 0 Å². The summed E-state index contributed by atoms with van der Waals surface area (Å²) in [5.41, 5.74) is 0. The van der Waals surface area contributed by atoms with Crippen LogP contribution in [0.1, 0.15) is 18.7 Å². The molecule has 0 unspecified atom stereocenters. The van der Waals surface area contributed by atoms with Gasteiger partial charge < -0.3 is 9.73 Å². The molecule has 1 fully saturated rings. The van der Waals surface area contributed by atoms with Gasteiger partial charge in [0.15, 0.2) is 0 Å². The topological polar surface area (TPSA) is 54.2 Å². The average molecular weight is 264 g/mol. The van der Waals surface area contributed by atoms with Gasteiger partial charge in [-0.1, -0.05) is 5.10 Å². The van der Waals surface area contributed by atoms with Gasteiger partial charge in [0.2, 0.25) is 5.89 Å². The van der Waals surface area contributed by atoms with Crippen LogP contribution in [0, 0.1) is 6.92 Å². The molecule has 8 heteroatoms. The number of hydrogen-bond donors (Lipinski definition) is 1. The van der Waals surface area contributed by atoms with Crippen LogP contribution in [-0.2, 0) is 0 Å². The lowest BCUT2D eigenvalue weighted by atomic mass is 9.98. The number of nitrogens with zero attached hydrogens (tertiary/aromatic N) is 3. The first-order valence-electron chi connectivity index (χ1n) is 5.70. The maximum atomic E-state index is 12.6. The Labute approximate surface area is 102 Å². The van der Waals surface area contributed by atoms with Crippen molar-refractivity contribution in [3.63, 3.8) is 0 Å². The zero-order chi connectivity index (χ0) is 13.3. The van der Waals surface area contributed by atoms with Crippen LogP contribution in [-0.4, -0.2) is 46.9 Å². The second-order valence-corrected chi connectivity index (χ2v) is 4.54. The van der Waals surface area contributed by atoms with Crippen molar-refractivity contribution in [3.05, 3.63) is 5.89 Å². The number of piperidine rings is 1. The number of rotatable bonds is 2. The molecule has 2 atom stereocenters. The minimum atomic E-state index is -4.17. The molecule has 102 valence electrons. The number of likely N-dealkylation sites (N-methyl/N-ethyl adjacent to an activating group) is 1. The van der Waals surface area contributed by atoms with Gasteiger partial charge in [0.1, 0.15) is 6.04 Å². The van der Waals surface area contributed by atoms with Gasteiger partial charge in [-0.15, -0.1) is 5.10 Å². The molecule has 0 spiro atoms. The minimum Gasteiger partial charge on any atom is -0.408 e. The number of nitrogens with one attached hydrogen (secondary N) is 1. The maximum Gasteiger partial charge on any atom is 0.404 e. The van der Waals surface area contributed by atoms with Crippen LogP contribution >= 0.6 is 0 Å².